The fourth-order valence-electron chi connectivity index (χ4n) is 10.9. The summed E-state index contributed by atoms with van der Waals surface area (Å²) in [6.45, 7) is 0. The molecule has 4 unspecified atom stereocenters. The number of rotatable bonds is 5. The van der Waals surface area contributed by atoms with Crippen molar-refractivity contribution in [3.8, 4) is 0 Å². The lowest BCUT2D eigenvalue weighted by atomic mass is 9.60. The predicted octanol–water partition coefficient (Wildman–Crippen LogP) is 11.9. The minimum Gasteiger partial charge on any atom is -0.0805 e. The highest BCUT2D eigenvalue weighted by atomic mass is 14.4. The Morgan fingerprint density at radius 3 is 2.11 bits per heavy atom. The Balaban J connectivity index is 1.06. The molecule has 54 heavy (non-hydrogen) atoms. The average Bonchev–Trinajstić information content (AvgIpc) is 3.24. The summed E-state index contributed by atoms with van der Waals surface area (Å²) in [5.41, 5.74) is 17.9. The molecule has 7 aliphatic rings. The van der Waals surface area contributed by atoms with Crippen molar-refractivity contribution in [3.05, 3.63) is 224 Å². The molecule has 0 heteroatoms. The Kier molecular flexibility index (Phi) is 7.65. The molecule has 0 radical (unpaired) electrons. The highest BCUT2D eigenvalue weighted by Gasteiger charge is 2.41. The van der Waals surface area contributed by atoms with E-state index in [1.807, 2.05) is 0 Å². The molecule has 0 saturated heterocycles. The SMILES string of the molecule is C1=CC2CCC3=C(C4=c5ccccc5=C(c5ccc(C=CC6=CC=C(c7ccccc7)CC6)c6ccccc56)C5C=CC=CC45)CCC4=C3C2C(=C1)C=C4. The molecule has 0 aliphatic heterocycles. The van der Waals surface area contributed by atoms with Gasteiger partial charge in [-0.1, -0.05) is 170 Å². The van der Waals surface area contributed by atoms with E-state index in [1.54, 1.807) is 27.9 Å². The minimum absolute atomic E-state index is 0.279. The Morgan fingerprint density at radius 1 is 0.519 bits per heavy atom. The van der Waals surface area contributed by atoms with E-state index < -0.39 is 0 Å². The normalized spacial score (nSPS) is 25.1. The predicted molar refractivity (Wildman–Crippen MR) is 227 cm³/mol. The van der Waals surface area contributed by atoms with Crippen LogP contribution in [-0.4, -0.2) is 0 Å². The van der Waals surface area contributed by atoms with Crippen molar-refractivity contribution < 1.29 is 0 Å². The van der Waals surface area contributed by atoms with Crippen LogP contribution in [0.15, 0.2) is 197 Å². The molecule has 0 heterocycles. The van der Waals surface area contributed by atoms with Gasteiger partial charge in [0.2, 0.25) is 0 Å². The molecular formula is C54H44. The first-order valence-corrected chi connectivity index (χ1v) is 20.2. The number of fused-ring (bicyclic) bond motifs is 3. The van der Waals surface area contributed by atoms with Crippen LogP contribution in [0.5, 0.6) is 0 Å². The van der Waals surface area contributed by atoms with Crippen molar-refractivity contribution >= 4 is 33.6 Å². The molecule has 7 aliphatic carbocycles. The second-order valence-corrected chi connectivity index (χ2v) is 16.0. The maximum absolute atomic E-state index is 2.52. The van der Waals surface area contributed by atoms with Gasteiger partial charge in [-0.05, 0) is 133 Å². The van der Waals surface area contributed by atoms with Gasteiger partial charge >= 0.3 is 0 Å². The Morgan fingerprint density at radius 2 is 1.28 bits per heavy atom. The molecule has 0 amide bonds. The highest BCUT2D eigenvalue weighted by Crippen LogP contribution is 2.55. The lowest BCUT2D eigenvalue weighted by Gasteiger charge is -2.44. The molecule has 1 fully saturated rings. The fourth-order valence-corrected chi connectivity index (χ4v) is 10.9. The molecule has 11 rings (SSSR count). The third-order valence-electron chi connectivity index (χ3n) is 13.3. The van der Waals surface area contributed by atoms with Gasteiger partial charge in [0.25, 0.3) is 0 Å². The van der Waals surface area contributed by atoms with E-state index in [9.17, 15) is 0 Å². The highest BCUT2D eigenvalue weighted by molar-refractivity contribution is 6.00. The van der Waals surface area contributed by atoms with Crippen LogP contribution >= 0.6 is 0 Å². The standard InChI is InChI=1S/C54H44/c1-2-11-36(12-3-1)37-24-21-35(22-25-37)23-26-38-29-32-48(43-16-5-4-15-42(38)43)53-44-17-6-8-19-46(44)54(47-20-9-7-18-45(47)53)50-34-31-41-28-27-39-13-10-14-40-30-33-49(50)52(41)51(39)40/h1-21,23-24,26-29,32,40,44,46,51H,22,25,30-31,33-34H2. The van der Waals surface area contributed by atoms with Gasteiger partial charge in [-0.25, -0.2) is 0 Å². The monoisotopic (exact) mass is 692 g/mol. The third-order valence-corrected chi connectivity index (χ3v) is 13.3. The van der Waals surface area contributed by atoms with Gasteiger partial charge in [-0.15, -0.1) is 0 Å². The van der Waals surface area contributed by atoms with Crippen LogP contribution in [0.4, 0.5) is 0 Å². The summed E-state index contributed by atoms with van der Waals surface area (Å²) in [7, 11) is 0. The van der Waals surface area contributed by atoms with Crippen LogP contribution in [0.25, 0.3) is 33.6 Å². The van der Waals surface area contributed by atoms with Crippen molar-refractivity contribution in [2.75, 3.05) is 0 Å². The summed E-state index contributed by atoms with van der Waals surface area (Å²) in [4.78, 5) is 0. The lowest BCUT2D eigenvalue weighted by molar-refractivity contribution is 0.434. The fraction of sp³-hybridized carbons (Fsp3) is 0.185. The van der Waals surface area contributed by atoms with Gasteiger partial charge in [-0.3, -0.25) is 0 Å². The molecule has 4 aromatic carbocycles. The zero-order valence-corrected chi connectivity index (χ0v) is 30.7. The van der Waals surface area contributed by atoms with E-state index in [0.29, 0.717) is 17.8 Å². The van der Waals surface area contributed by atoms with Crippen LogP contribution < -0.4 is 10.4 Å². The molecule has 0 nitrogen and oxygen atoms in total. The quantitative estimate of drug-likeness (QED) is 0.195. The van der Waals surface area contributed by atoms with Gasteiger partial charge in [0.1, 0.15) is 0 Å². The van der Waals surface area contributed by atoms with Crippen molar-refractivity contribution in [2.24, 2.45) is 23.7 Å². The van der Waals surface area contributed by atoms with E-state index in [0.717, 1.165) is 25.7 Å². The van der Waals surface area contributed by atoms with E-state index in [4.69, 9.17) is 0 Å². The topological polar surface area (TPSA) is 0 Å². The van der Waals surface area contributed by atoms with E-state index in [2.05, 4.69) is 170 Å². The zero-order valence-electron chi connectivity index (χ0n) is 30.7. The lowest BCUT2D eigenvalue weighted by Crippen LogP contribution is -2.41. The van der Waals surface area contributed by atoms with Crippen LogP contribution in [0.3, 0.4) is 0 Å². The molecule has 0 N–H and O–H groups in total. The molecule has 1 saturated carbocycles. The van der Waals surface area contributed by atoms with Crippen LogP contribution in [0.1, 0.15) is 55.2 Å². The first-order valence-electron chi connectivity index (χ1n) is 20.2. The molecule has 260 valence electrons. The summed E-state index contributed by atoms with van der Waals surface area (Å²) in [6, 6.07) is 34.1. The van der Waals surface area contributed by atoms with Crippen molar-refractivity contribution in [3.63, 3.8) is 0 Å². The van der Waals surface area contributed by atoms with E-state index in [1.165, 1.54) is 73.0 Å². The molecular weight excluding hydrogens is 649 g/mol. The summed E-state index contributed by atoms with van der Waals surface area (Å²) < 4.78 is 0. The van der Waals surface area contributed by atoms with E-state index in [-0.39, 0.29) is 5.92 Å². The summed E-state index contributed by atoms with van der Waals surface area (Å²) in [6.07, 6.45) is 37.8. The minimum atomic E-state index is 0.279. The smallest absolute Gasteiger partial charge is 0.0158 e. The van der Waals surface area contributed by atoms with Crippen molar-refractivity contribution in [1.29, 1.82) is 0 Å². The third kappa shape index (κ3) is 5.11. The van der Waals surface area contributed by atoms with Gasteiger partial charge in [0, 0.05) is 17.8 Å². The van der Waals surface area contributed by atoms with Crippen molar-refractivity contribution in [2.45, 2.75) is 38.5 Å². The van der Waals surface area contributed by atoms with Crippen LogP contribution in [0, 0.1) is 23.7 Å². The number of hydrogen-bond donors (Lipinski definition) is 0. The second-order valence-electron chi connectivity index (χ2n) is 16.0. The maximum atomic E-state index is 2.52. The average molecular weight is 693 g/mol. The first kappa shape index (κ1) is 31.8. The summed E-state index contributed by atoms with van der Waals surface area (Å²) in [5.74, 6) is 1.76. The maximum Gasteiger partial charge on any atom is 0.0158 e. The Labute approximate surface area is 319 Å². The zero-order chi connectivity index (χ0) is 35.6. The van der Waals surface area contributed by atoms with Gasteiger partial charge < -0.3 is 0 Å². The Bertz CT molecular complexity index is 2700. The molecule has 0 aromatic heterocycles. The van der Waals surface area contributed by atoms with Gasteiger partial charge in [0.15, 0.2) is 0 Å². The summed E-state index contributed by atoms with van der Waals surface area (Å²) in [5, 5.41) is 5.50. The molecule has 4 aromatic rings. The summed E-state index contributed by atoms with van der Waals surface area (Å²) >= 11 is 0. The van der Waals surface area contributed by atoms with Gasteiger partial charge in [-0.2, -0.15) is 0 Å². The number of hydrogen-bond acceptors (Lipinski definition) is 0. The van der Waals surface area contributed by atoms with Crippen LogP contribution in [0.2, 0.25) is 0 Å². The van der Waals surface area contributed by atoms with Crippen LogP contribution in [-0.2, 0) is 0 Å². The second kappa shape index (κ2) is 13.0. The number of benzene rings is 4. The molecule has 0 bridgehead atoms. The number of allylic oxidation sites excluding steroid dienone is 19. The molecule has 0 spiro atoms. The van der Waals surface area contributed by atoms with E-state index >= 15 is 0 Å². The first-order chi connectivity index (χ1) is 26.8. The van der Waals surface area contributed by atoms with Crippen molar-refractivity contribution in [1.82, 2.24) is 0 Å². The molecule has 4 atom stereocenters. The Hall–Kier alpha value is -5.72. The van der Waals surface area contributed by atoms with Gasteiger partial charge in [0.05, 0.1) is 0 Å². The largest absolute Gasteiger partial charge is 0.0805 e.